The first-order valence-corrected chi connectivity index (χ1v) is 3.24. The van der Waals surface area contributed by atoms with Gasteiger partial charge in [0.05, 0.1) is 18.6 Å². The van der Waals surface area contributed by atoms with Crippen LogP contribution in [0.5, 0.6) is 0 Å². The predicted octanol–water partition coefficient (Wildman–Crippen LogP) is -0.509. The molecule has 1 heterocycles. The highest BCUT2D eigenvalue weighted by molar-refractivity contribution is 4.79. The zero-order valence-corrected chi connectivity index (χ0v) is 6.37. The number of aliphatic hydroxyl groups is 2. The van der Waals surface area contributed by atoms with Gasteiger partial charge in [-0.15, -0.1) is 0 Å². The Labute approximate surface area is 71.4 Å². The highest BCUT2D eigenvalue weighted by Gasteiger charge is 2.40. The molecule has 0 radical (unpaired) electrons. The second kappa shape index (κ2) is 3.06. The van der Waals surface area contributed by atoms with Gasteiger partial charge in [-0.1, -0.05) is 0 Å². The normalized spacial score (nSPS) is 44.0. The third-order valence-corrected chi connectivity index (χ3v) is 1.35. The van der Waals surface area contributed by atoms with Gasteiger partial charge in [-0.3, -0.25) is 0 Å². The Morgan fingerprint density at radius 1 is 1.27 bits per heavy atom. The summed E-state index contributed by atoms with van der Waals surface area (Å²) in [5.41, 5.74) is 0. The molecule has 4 heteroatoms. The second-order valence-electron chi connectivity index (χ2n) is 2.73. The summed E-state index contributed by atoms with van der Waals surface area (Å²) in [6, 6.07) is 0. The van der Waals surface area contributed by atoms with Crippen LogP contribution >= 0.6 is 0 Å². The number of rotatable bonds is 2. The van der Waals surface area contributed by atoms with Crippen LogP contribution in [0.15, 0.2) is 0 Å². The molecule has 0 aromatic rings. The minimum Gasteiger partial charge on any atom is -0.394 e. The SMILES string of the molecule is [2H]C([2H])(O)[C@H]1OC(C)(C)O[C@@H]1C([2H])([2H])O. The summed E-state index contributed by atoms with van der Waals surface area (Å²) in [4.78, 5) is 0. The van der Waals surface area contributed by atoms with Crippen molar-refractivity contribution >= 4 is 0 Å². The summed E-state index contributed by atoms with van der Waals surface area (Å²) in [5.74, 6) is -1.25. The van der Waals surface area contributed by atoms with E-state index >= 15 is 0 Å². The van der Waals surface area contributed by atoms with E-state index in [0.717, 1.165) is 0 Å². The van der Waals surface area contributed by atoms with Crippen molar-refractivity contribution in [1.82, 2.24) is 0 Å². The molecule has 0 spiro atoms. The molecule has 4 nitrogen and oxygen atoms in total. The summed E-state index contributed by atoms with van der Waals surface area (Å²) in [6.07, 6.45) is -3.15. The van der Waals surface area contributed by atoms with Gasteiger partial charge in [-0.25, -0.2) is 0 Å². The average Bonchev–Trinajstić information content (AvgIpc) is 2.23. The maximum absolute atomic E-state index is 9.13. The van der Waals surface area contributed by atoms with Gasteiger partial charge in [0.15, 0.2) is 5.79 Å². The fourth-order valence-corrected chi connectivity index (χ4v) is 0.951. The molecule has 1 aliphatic heterocycles. The van der Waals surface area contributed by atoms with Gasteiger partial charge in [0.2, 0.25) is 0 Å². The van der Waals surface area contributed by atoms with E-state index in [4.69, 9.17) is 25.2 Å². The van der Waals surface area contributed by atoms with Crippen LogP contribution in [0.4, 0.5) is 0 Å². The van der Waals surface area contributed by atoms with Crippen molar-refractivity contribution in [1.29, 1.82) is 0 Å². The first-order chi connectivity index (χ1) is 6.43. The zero-order chi connectivity index (χ0) is 12.1. The van der Waals surface area contributed by atoms with Gasteiger partial charge in [0, 0.05) is 0 Å². The van der Waals surface area contributed by atoms with E-state index in [1.54, 1.807) is 0 Å². The molecule has 2 atom stereocenters. The van der Waals surface area contributed by atoms with Crippen LogP contribution in [0.3, 0.4) is 0 Å². The molecular formula is C7H14O4. The van der Waals surface area contributed by atoms with Crippen molar-refractivity contribution in [3.63, 3.8) is 0 Å². The van der Waals surface area contributed by atoms with Crippen molar-refractivity contribution in [2.75, 3.05) is 13.1 Å². The number of hydrogen-bond acceptors (Lipinski definition) is 4. The summed E-state index contributed by atoms with van der Waals surface area (Å²) in [6.45, 7) is -2.68. The molecule has 0 unspecified atom stereocenters. The summed E-state index contributed by atoms with van der Waals surface area (Å²) < 4.78 is 38.2. The summed E-state index contributed by atoms with van der Waals surface area (Å²) >= 11 is 0. The highest BCUT2D eigenvalue weighted by atomic mass is 16.8. The lowest BCUT2D eigenvalue weighted by molar-refractivity contribution is -0.151. The molecule has 0 aliphatic carbocycles. The molecule has 66 valence electrons. The van der Waals surface area contributed by atoms with Gasteiger partial charge >= 0.3 is 0 Å². The van der Waals surface area contributed by atoms with E-state index < -0.39 is 31.1 Å². The minimum absolute atomic E-state index is 1.25. The molecule has 0 bridgehead atoms. The lowest BCUT2D eigenvalue weighted by Crippen LogP contribution is -2.29. The molecular weight excluding hydrogens is 148 g/mol. The molecule has 2 N–H and O–H groups in total. The van der Waals surface area contributed by atoms with E-state index in [-0.39, 0.29) is 0 Å². The van der Waals surface area contributed by atoms with E-state index in [2.05, 4.69) is 0 Å². The van der Waals surface area contributed by atoms with E-state index in [0.29, 0.717) is 0 Å². The fraction of sp³-hybridized carbons (Fsp3) is 1.00. The lowest BCUT2D eigenvalue weighted by Gasteiger charge is -2.16. The fourth-order valence-electron chi connectivity index (χ4n) is 0.951. The van der Waals surface area contributed by atoms with Gasteiger partial charge in [0.25, 0.3) is 0 Å². The van der Waals surface area contributed by atoms with Crippen LogP contribution in [0.2, 0.25) is 0 Å². The van der Waals surface area contributed by atoms with Crippen molar-refractivity contribution < 1.29 is 25.2 Å². The van der Waals surface area contributed by atoms with Crippen molar-refractivity contribution in [2.24, 2.45) is 0 Å². The number of ether oxygens (including phenoxy) is 2. The third-order valence-electron chi connectivity index (χ3n) is 1.35. The average molecular weight is 166 g/mol. The molecule has 1 fully saturated rings. The molecule has 11 heavy (non-hydrogen) atoms. The van der Waals surface area contributed by atoms with Gasteiger partial charge in [-0.2, -0.15) is 0 Å². The van der Waals surface area contributed by atoms with Crippen molar-refractivity contribution in [2.45, 2.75) is 31.8 Å². The Balaban J connectivity index is 2.95. The monoisotopic (exact) mass is 166 g/mol. The van der Waals surface area contributed by atoms with Crippen LogP contribution < -0.4 is 0 Å². The van der Waals surface area contributed by atoms with Crippen LogP contribution in [-0.2, 0) is 9.47 Å². The van der Waals surface area contributed by atoms with Crippen molar-refractivity contribution in [3.8, 4) is 0 Å². The lowest BCUT2D eigenvalue weighted by atomic mass is 10.2. The number of hydrogen-bond donors (Lipinski definition) is 2. The maximum atomic E-state index is 9.13. The van der Waals surface area contributed by atoms with E-state index in [9.17, 15) is 0 Å². The third kappa shape index (κ3) is 1.90. The van der Waals surface area contributed by atoms with Gasteiger partial charge in [-0.05, 0) is 13.8 Å². The van der Waals surface area contributed by atoms with Crippen LogP contribution in [0.1, 0.15) is 19.3 Å². The highest BCUT2D eigenvalue weighted by Crippen LogP contribution is 2.27. The topological polar surface area (TPSA) is 58.9 Å². The second-order valence-corrected chi connectivity index (χ2v) is 2.73. The van der Waals surface area contributed by atoms with Gasteiger partial charge in [0.1, 0.15) is 12.2 Å². The molecule has 0 amide bonds. The van der Waals surface area contributed by atoms with Crippen molar-refractivity contribution in [3.05, 3.63) is 0 Å². The van der Waals surface area contributed by atoms with Gasteiger partial charge < -0.3 is 19.7 Å². The van der Waals surface area contributed by atoms with Crippen LogP contribution in [-0.4, -0.2) is 41.3 Å². The largest absolute Gasteiger partial charge is 0.394 e. The molecule has 1 saturated heterocycles. The van der Waals surface area contributed by atoms with Crippen LogP contribution in [0, 0.1) is 0 Å². The standard InChI is InChI=1S/C7H14O4/c1-7(2)10-5(3-8)6(4-9)11-7/h5-6,8-9H,3-4H2,1-2H3/t5-,6-/m1/s1/i3D2,4D2. The Morgan fingerprint density at radius 2 is 1.64 bits per heavy atom. The van der Waals surface area contributed by atoms with E-state index in [1.807, 2.05) is 0 Å². The summed E-state index contributed by atoms with van der Waals surface area (Å²) in [7, 11) is 0. The first kappa shape index (κ1) is 4.77. The van der Waals surface area contributed by atoms with Crippen LogP contribution in [0.25, 0.3) is 0 Å². The molecule has 1 rings (SSSR count). The molecule has 0 aromatic carbocycles. The minimum atomic E-state index is -2.78. The summed E-state index contributed by atoms with van der Waals surface area (Å²) in [5, 5.41) is 18.3. The Kier molecular flexibility index (Phi) is 1.33. The Hall–Kier alpha value is -0.160. The smallest absolute Gasteiger partial charge is 0.163 e. The zero-order valence-electron chi connectivity index (χ0n) is 10.4. The first-order valence-electron chi connectivity index (χ1n) is 5.24. The Morgan fingerprint density at radius 3 is 1.91 bits per heavy atom. The molecule has 1 aliphatic rings. The molecule has 0 saturated carbocycles. The predicted molar refractivity (Wildman–Crippen MR) is 38.0 cm³/mol. The quantitative estimate of drug-likeness (QED) is 0.580. The maximum Gasteiger partial charge on any atom is 0.163 e. The van der Waals surface area contributed by atoms with E-state index in [1.165, 1.54) is 13.8 Å². The molecule has 0 aromatic heterocycles. The Bertz CT molecular complexity index is 220.